The molecule has 2 N–H and O–H groups in total. The van der Waals surface area contributed by atoms with Crippen LogP contribution in [0, 0.1) is 31.4 Å². The normalized spacial score (nSPS) is 20.8. The average molecular weight is 944 g/mol. The Morgan fingerprint density at radius 1 is 0.783 bits per heavy atom. The van der Waals surface area contributed by atoms with Crippen molar-refractivity contribution in [2.45, 2.75) is 148 Å². The smallest absolute Gasteiger partial charge is 0.264 e. The summed E-state index contributed by atoms with van der Waals surface area (Å²) in [6.07, 6.45) is 13.2. The summed E-state index contributed by atoms with van der Waals surface area (Å²) in [5, 5.41) is 9.69. The molecule has 0 radical (unpaired) electrons. The monoisotopic (exact) mass is 943 g/mol. The molecule has 0 bridgehead atoms. The second kappa shape index (κ2) is 20.6. The van der Waals surface area contributed by atoms with Crippen molar-refractivity contribution in [1.82, 2.24) is 24.9 Å². The lowest BCUT2D eigenvalue weighted by Crippen LogP contribution is -2.54. The molecule has 5 amide bonds. The standard InChI is InChI=1S/C53H59F2N7O7/c1-31-48(32(2)69-59-31)34-19-24-43-42(29-34)57-50(44-15-11-16-47(65)60(44)36-22-23-39(54)40(55)30-36)61(43)35-20-17-33(18-21-35)28-37(63)12-8-6-4-3-5-7-9-27-56-41-14-10-13-38-49(41)53(68)62(52(38)67)45-25-26-46(64)58-51(45)66/h10,13-14,19,22-24,29-30,33,35,44-45,56H,3-9,11-12,15-18,20-21,25-28H2,1-2H3,(H,58,64,66)/t33?,35?,44-,45?/m0/s1. The van der Waals surface area contributed by atoms with Crippen molar-refractivity contribution in [3.8, 4) is 11.1 Å². The Kier molecular flexibility index (Phi) is 14.2. The van der Waals surface area contributed by atoms with Gasteiger partial charge in [-0.1, -0.05) is 49.4 Å². The highest BCUT2D eigenvalue weighted by molar-refractivity contribution is 6.25. The largest absolute Gasteiger partial charge is 0.384 e. The zero-order chi connectivity index (χ0) is 48.3. The van der Waals surface area contributed by atoms with Crippen LogP contribution in [0.1, 0.15) is 166 Å². The number of aryl methyl sites for hydroxylation is 2. The van der Waals surface area contributed by atoms with Crippen molar-refractivity contribution in [2.75, 3.05) is 16.8 Å². The van der Waals surface area contributed by atoms with Crippen LogP contribution >= 0.6 is 0 Å². The van der Waals surface area contributed by atoms with Crippen molar-refractivity contribution in [3.05, 3.63) is 94.6 Å². The number of Topliss-reactive ketones (excluding diaryl/α,β-unsaturated/α-hetero) is 1. The Morgan fingerprint density at radius 2 is 1.55 bits per heavy atom. The molecule has 3 fully saturated rings. The first-order valence-corrected chi connectivity index (χ1v) is 24.7. The lowest BCUT2D eigenvalue weighted by molar-refractivity contribution is -0.136. The SMILES string of the molecule is Cc1noc(C)c1-c1ccc2c(c1)nc([C@@H]1CCCC(=O)N1c1ccc(F)c(F)c1)n2C1CCC(CC(=O)CCCCCCCCCNc2cccc3c2C(=O)N(C2CCC(=O)NC2=O)C3=O)CC1. The second-order valence-electron chi connectivity index (χ2n) is 19.3. The summed E-state index contributed by atoms with van der Waals surface area (Å²) in [5.74, 6) is -2.18. The van der Waals surface area contributed by atoms with Gasteiger partial charge < -0.3 is 19.3 Å². The zero-order valence-electron chi connectivity index (χ0n) is 39.3. The summed E-state index contributed by atoms with van der Waals surface area (Å²) in [6, 6.07) is 13.4. The molecule has 4 aliphatic rings. The summed E-state index contributed by atoms with van der Waals surface area (Å²) < 4.78 is 36.4. The lowest BCUT2D eigenvalue weighted by atomic mass is 9.82. The number of carbonyl (C=O) groups is 6. The molecule has 1 unspecified atom stereocenters. The van der Waals surface area contributed by atoms with Crippen LogP contribution in [0.25, 0.3) is 22.2 Å². The Morgan fingerprint density at radius 3 is 2.29 bits per heavy atom. The van der Waals surface area contributed by atoms with Gasteiger partial charge in [-0.15, -0.1) is 0 Å². The second-order valence-corrected chi connectivity index (χ2v) is 19.3. The van der Waals surface area contributed by atoms with Gasteiger partial charge in [-0.05, 0) is 120 Å². The van der Waals surface area contributed by atoms with Crippen LogP contribution < -0.4 is 15.5 Å². The first-order chi connectivity index (χ1) is 33.4. The molecule has 1 aliphatic carbocycles. The van der Waals surface area contributed by atoms with Crippen LogP contribution in [-0.4, -0.2) is 67.5 Å². The van der Waals surface area contributed by atoms with E-state index in [1.54, 1.807) is 23.1 Å². The van der Waals surface area contributed by atoms with Crippen molar-refractivity contribution >= 4 is 57.7 Å². The molecule has 2 aromatic heterocycles. The number of hydrogen-bond acceptors (Lipinski definition) is 10. The van der Waals surface area contributed by atoms with E-state index < -0.39 is 47.3 Å². The third-order valence-electron chi connectivity index (χ3n) is 14.6. The summed E-state index contributed by atoms with van der Waals surface area (Å²) >= 11 is 0. The average Bonchev–Trinajstić information content (AvgIpc) is 3.97. The number of nitrogens with one attached hydrogen (secondary N) is 2. The van der Waals surface area contributed by atoms with Gasteiger partial charge in [-0.25, -0.2) is 13.8 Å². The number of fused-ring (bicyclic) bond motifs is 2. The highest BCUT2D eigenvalue weighted by Gasteiger charge is 2.46. The van der Waals surface area contributed by atoms with Crippen molar-refractivity contribution in [3.63, 3.8) is 0 Å². The van der Waals surface area contributed by atoms with Crippen LogP contribution in [-0.2, 0) is 19.2 Å². The molecule has 69 heavy (non-hydrogen) atoms. The number of aromatic nitrogens is 3. The number of rotatable bonds is 18. The number of imidazole rings is 1. The number of halogens is 2. The lowest BCUT2D eigenvalue weighted by Gasteiger charge is -2.37. The van der Waals surface area contributed by atoms with E-state index in [0.717, 1.165) is 121 Å². The molecule has 3 aromatic carbocycles. The summed E-state index contributed by atoms with van der Waals surface area (Å²) in [5.41, 5.74) is 5.72. The number of piperidine rings is 2. The molecule has 362 valence electrons. The fraction of sp³-hybridized carbons (Fsp3) is 0.472. The predicted octanol–water partition coefficient (Wildman–Crippen LogP) is 10.2. The Labute approximate surface area is 399 Å². The summed E-state index contributed by atoms with van der Waals surface area (Å²) in [4.78, 5) is 85.2. The molecular weight excluding hydrogens is 885 g/mol. The third kappa shape index (κ3) is 9.84. The fourth-order valence-electron chi connectivity index (χ4n) is 11.1. The maximum Gasteiger partial charge on any atom is 0.264 e. The minimum absolute atomic E-state index is 0.0709. The number of hydrogen-bond donors (Lipinski definition) is 2. The van der Waals surface area contributed by atoms with Crippen LogP contribution in [0.4, 0.5) is 20.2 Å². The van der Waals surface area contributed by atoms with E-state index in [2.05, 4.69) is 32.5 Å². The van der Waals surface area contributed by atoms with Crippen LogP contribution in [0.15, 0.2) is 59.1 Å². The number of nitrogens with zero attached hydrogens (tertiary/aromatic N) is 5. The first-order valence-electron chi connectivity index (χ1n) is 24.7. The number of unbranched alkanes of at least 4 members (excludes halogenated alkanes) is 6. The van der Waals surface area contributed by atoms with Gasteiger partial charge in [0.1, 0.15) is 23.4 Å². The first kappa shape index (κ1) is 47.5. The molecular formula is C53H59F2N7O7. The van der Waals surface area contributed by atoms with Crippen LogP contribution in [0.3, 0.4) is 0 Å². The van der Waals surface area contributed by atoms with Crippen molar-refractivity contribution in [1.29, 1.82) is 0 Å². The van der Waals surface area contributed by atoms with Gasteiger partial charge in [0.2, 0.25) is 17.7 Å². The van der Waals surface area contributed by atoms with Gasteiger partial charge in [0.15, 0.2) is 11.6 Å². The Bertz CT molecular complexity index is 2790. The maximum atomic E-state index is 14.6. The van der Waals surface area contributed by atoms with Crippen LogP contribution in [0.2, 0.25) is 0 Å². The summed E-state index contributed by atoms with van der Waals surface area (Å²) in [6.45, 7) is 4.41. The molecule has 14 nitrogen and oxygen atoms in total. The number of imide groups is 2. The molecule has 5 heterocycles. The molecule has 16 heteroatoms. The van der Waals surface area contributed by atoms with E-state index in [9.17, 15) is 37.5 Å². The highest BCUT2D eigenvalue weighted by Crippen LogP contribution is 2.43. The van der Waals surface area contributed by atoms with Crippen molar-refractivity contribution < 1.29 is 42.1 Å². The van der Waals surface area contributed by atoms with E-state index in [-0.39, 0.29) is 35.9 Å². The highest BCUT2D eigenvalue weighted by atomic mass is 19.2. The van der Waals surface area contributed by atoms with E-state index >= 15 is 0 Å². The van der Waals surface area contributed by atoms with E-state index in [4.69, 9.17) is 9.51 Å². The maximum absolute atomic E-state index is 14.6. The van der Waals surface area contributed by atoms with Crippen LogP contribution in [0.5, 0.6) is 0 Å². The number of amides is 5. The van der Waals surface area contributed by atoms with Gasteiger partial charge in [-0.3, -0.25) is 39.0 Å². The molecule has 2 atom stereocenters. The molecule has 9 rings (SSSR count). The molecule has 0 spiro atoms. The Balaban J connectivity index is 0.741. The fourth-order valence-corrected chi connectivity index (χ4v) is 11.1. The molecule has 5 aromatic rings. The predicted molar refractivity (Wildman–Crippen MR) is 254 cm³/mol. The number of carbonyl (C=O) groups excluding carboxylic acids is 6. The van der Waals surface area contributed by atoms with Gasteiger partial charge in [0.05, 0.1) is 33.9 Å². The Hall–Kier alpha value is -6.58. The van der Waals surface area contributed by atoms with E-state index in [0.29, 0.717) is 67.5 Å². The minimum atomic E-state index is -1.01. The van der Waals surface area contributed by atoms with E-state index in [1.807, 2.05) is 19.9 Å². The van der Waals surface area contributed by atoms with Gasteiger partial charge >= 0.3 is 0 Å². The van der Waals surface area contributed by atoms with Gasteiger partial charge in [0, 0.05) is 61.3 Å². The summed E-state index contributed by atoms with van der Waals surface area (Å²) in [7, 11) is 0. The number of benzene rings is 3. The minimum Gasteiger partial charge on any atom is -0.384 e. The number of ketones is 1. The van der Waals surface area contributed by atoms with Crippen molar-refractivity contribution in [2.24, 2.45) is 5.92 Å². The molecule has 2 saturated heterocycles. The molecule has 3 aliphatic heterocycles. The third-order valence-corrected chi connectivity index (χ3v) is 14.6. The topological polar surface area (TPSA) is 177 Å². The molecule has 1 saturated carbocycles. The van der Waals surface area contributed by atoms with Gasteiger partial charge in [0.25, 0.3) is 11.8 Å². The number of anilines is 2. The van der Waals surface area contributed by atoms with Gasteiger partial charge in [-0.2, -0.15) is 0 Å². The quantitative estimate of drug-likeness (QED) is 0.0635. The zero-order valence-corrected chi connectivity index (χ0v) is 39.3. The van der Waals surface area contributed by atoms with E-state index in [1.165, 1.54) is 6.07 Å².